The van der Waals surface area contributed by atoms with Gasteiger partial charge in [-0.3, -0.25) is 19.8 Å². The number of likely N-dealkylation sites (tertiary alicyclic amines) is 1. The van der Waals surface area contributed by atoms with E-state index < -0.39 is 10.7 Å². The van der Waals surface area contributed by atoms with Gasteiger partial charge in [-0.15, -0.1) is 0 Å². The molecule has 1 aliphatic rings. The van der Waals surface area contributed by atoms with Gasteiger partial charge in [0.1, 0.15) is 5.82 Å². The molecular weight excluding hydrogens is 325 g/mol. The first kappa shape index (κ1) is 17.6. The molecule has 0 unspecified atom stereocenters. The highest BCUT2D eigenvalue weighted by atomic mass is 35.5. The molecule has 0 bridgehead atoms. The van der Waals surface area contributed by atoms with Gasteiger partial charge in [0.15, 0.2) is 0 Å². The molecule has 0 aromatic heterocycles. The van der Waals surface area contributed by atoms with Crippen molar-refractivity contribution in [2.24, 2.45) is 0 Å². The number of nitro groups is 1. The Morgan fingerprint density at radius 3 is 2.96 bits per heavy atom. The number of amides is 1. The summed E-state index contributed by atoms with van der Waals surface area (Å²) in [6.07, 6.45) is 1.87. The van der Waals surface area contributed by atoms with Crippen molar-refractivity contribution in [3.8, 4) is 0 Å². The van der Waals surface area contributed by atoms with Gasteiger partial charge in [-0.05, 0) is 32.0 Å². The van der Waals surface area contributed by atoms with Gasteiger partial charge in [0.25, 0.3) is 5.69 Å². The molecule has 1 atom stereocenters. The number of likely N-dealkylation sites (N-methyl/N-ethyl adjacent to an activating group) is 1. The zero-order chi connectivity index (χ0) is 17.0. The van der Waals surface area contributed by atoms with E-state index in [0.29, 0.717) is 12.6 Å². The lowest BCUT2D eigenvalue weighted by Gasteiger charge is -2.22. The molecule has 1 aromatic rings. The second-order valence-corrected chi connectivity index (χ2v) is 5.96. The summed E-state index contributed by atoms with van der Waals surface area (Å²) < 4.78 is 13.5. The van der Waals surface area contributed by atoms with Crippen molar-refractivity contribution in [3.05, 3.63) is 38.7 Å². The first-order valence-electron chi connectivity index (χ1n) is 7.55. The van der Waals surface area contributed by atoms with E-state index >= 15 is 0 Å². The minimum atomic E-state index is -0.770. The molecule has 1 aliphatic heterocycles. The van der Waals surface area contributed by atoms with E-state index in [1.165, 1.54) is 0 Å². The lowest BCUT2D eigenvalue weighted by molar-refractivity contribution is -0.385. The molecule has 0 radical (unpaired) electrons. The SMILES string of the molecule is CCN1CCC[C@H]1CNC(=O)Cc1cc(F)c(Cl)cc1[N+](=O)[O-]. The molecule has 1 saturated heterocycles. The number of rotatable bonds is 6. The van der Waals surface area contributed by atoms with Crippen LogP contribution in [0.1, 0.15) is 25.3 Å². The fraction of sp³-hybridized carbons (Fsp3) is 0.533. The molecule has 126 valence electrons. The molecule has 1 amide bonds. The average Bonchev–Trinajstić information content (AvgIpc) is 2.95. The Kier molecular flexibility index (Phi) is 5.90. The van der Waals surface area contributed by atoms with Crippen LogP contribution in [0.4, 0.5) is 10.1 Å². The predicted molar refractivity (Wildman–Crippen MR) is 85.0 cm³/mol. The quantitative estimate of drug-likeness (QED) is 0.636. The number of carbonyl (C=O) groups is 1. The van der Waals surface area contributed by atoms with Gasteiger partial charge in [-0.1, -0.05) is 18.5 Å². The van der Waals surface area contributed by atoms with Crippen molar-refractivity contribution < 1.29 is 14.1 Å². The summed E-state index contributed by atoms with van der Waals surface area (Å²) in [6, 6.07) is 2.18. The molecule has 0 aliphatic carbocycles. The van der Waals surface area contributed by atoms with Gasteiger partial charge in [-0.25, -0.2) is 4.39 Å². The van der Waals surface area contributed by atoms with Crippen molar-refractivity contribution in [2.45, 2.75) is 32.2 Å². The Labute approximate surface area is 138 Å². The number of hydrogen-bond donors (Lipinski definition) is 1. The highest BCUT2D eigenvalue weighted by Crippen LogP contribution is 2.26. The van der Waals surface area contributed by atoms with Crippen LogP contribution in [0.5, 0.6) is 0 Å². The molecule has 1 aromatic carbocycles. The van der Waals surface area contributed by atoms with Crippen LogP contribution in [-0.2, 0) is 11.2 Å². The van der Waals surface area contributed by atoms with Crippen LogP contribution in [-0.4, -0.2) is 41.4 Å². The van der Waals surface area contributed by atoms with E-state index in [-0.39, 0.29) is 28.6 Å². The third kappa shape index (κ3) is 4.39. The maximum atomic E-state index is 13.5. The largest absolute Gasteiger partial charge is 0.354 e. The molecule has 6 nitrogen and oxygen atoms in total. The highest BCUT2D eigenvalue weighted by molar-refractivity contribution is 6.31. The van der Waals surface area contributed by atoms with Gasteiger partial charge < -0.3 is 5.32 Å². The zero-order valence-electron chi connectivity index (χ0n) is 12.8. The Balaban J connectivity index is 2.00. The van der Waals surface area contributed by atoms with Crippen LogP contribution in [0, 0.1) is 15.9 Å². The maximum Gasteiger partial charge on any atom is 0.274 e. The van der Waals surface area contributed by atoms with Crippen molar-refractivity contribution in [3.63, 3.8) is 0 Å². The fourth-order valence-corrected chi connectivity index (χ4v) is 3.06. The van der Waals surface area contributed by atoms with E-state index in [4.69, 9.17) is 11.6 Å². The summed E-state index contributed by atoms with van der Waals surface area (Å²) in [7, 11) is 0. The van der Waals surface area contributed by atoms with Crippen molar-refractivity contribution in [2.75, 3.05) is 19.6 Å². The van der Waals surface area contributed by atoms with Crippen molar-refractivity contribution >= 4 is 23.2 Å². The highest BCUT2D eigenvalue weighted by Gasteiger charge is 2.24. The molecule has 0 spiro atoms. The van der Waals surface area contributed by atoms with Crippen LogP contribution in [0.3, 0.4) is 0 Å². The Morgan fingerprint density at radius 2 is 2.30 bits per heavy atom. The second kappa shape index (κ2) is 7.70. The summed E-state index contributed by atoms with van der Waals surface area (Å²) >= 11 is 5.56. The number of nitrogens with one attached hydrogen (secondary N) is 1. The number of nitro benzene ring substituents is 1. The van der Waals surface area contributed by atoms with E-state index in [9.17, 15) is 19.3 Å². The fourth-order valence-electron chi connectivity index (χ4n) is 2.90. The lowest BCUT2D eigenvalue weighted by atomic mass is 10.1. The van der Waals surface area contributed by atoms with Gasteiger partial charge in [0.2, 0.25) is 5.91 Å². The standard InChI is InChI=1S/C15H19ClFN3O3/c1-2-19-5-3-4-11(19)9-18-15(21)7-10-6-13(17)12(16)8-14(10)20(22)23/h6,8,11H,2-5,7,9H2,1H3,(H,18,21)/t11-/m0/s1. The minimum absolute atomic E-state index is 0.0215. The zero-order valence-corrected chi connectivity index (χ0v) is 13.6. The number of nitrogens with zero attached hydrogens (tertiary/aromatic N) is 2. The summed E-state index contributed by atoms with van der Waals surface area (Å²) in [5.74, 6) is -1.13. The van der Waals surface area contributed by atoms with Crippen molar-refractivity contribution in [1.29, 1.82) is 0 Å². The van der Waals surface area contributed by atoms with Crippen LogP contribution >= 0.6 is 11.6 Å². The monoisotopic (exact) mass is 343 g/mol. The van der Waals surface area contributed by atoms with Gasteiger partial charge in [0.05, 0.1) is 16.4 Å². The van der Waals surface area contributed by atoms with Gasteiger partial charge in [0, 0.05) is 24.2 Å². The predicted octanol–water partition coefficient (Wildman–Crippen LogP) is 2.53. The first-order valence-corrected chi connectivity index (χ1v) is 7.93. The van der Waals surface area contributed by atoms with Gasteiger partial charge in [-0.2, -0.15) is 0 Å². The Bertz CT molecular complexity index is 612. The molecule has 2 rings (SSSR count). The van der Waals surface area contributed by atoms with Crippen LogP contribution in [0.2, 0.25) is 5.02 Å². The summed E-state index contributed by atoms with van der Waals surface area (Å²) in [5, 5.41) is 13.5. The topological polar surface area (TPSA) is 75.5 Å². The van der Waals surface area contributed by atoms with Crippen LogP contribution in [0.25, 0.3) is 0 Å². The number of carbonyl (C=O) groups excluding carboxylic acids is 1. The molecule has 1 heterocycles. The third-order valence-electron chi connectivity index (χ3n) is 4.11. The normalized spacial score (nSPS) is 18.1. The van der Waals surface area contributed by atoms with Crippen LogP contribution < -0.4 is 5.32 Å². The number of halogens is 2. The number of benzene rings is 1. The van der Waals surface area contributed by atoms with E-state index in [1.54, 1.807) is 0 Å². The molecule has 8 heteroatoms. The second-order valence-electron chi connectivity index (χ2n) is 5.56. The van der Waals surface area contributed by atoms with E-state index in [0.717, 1.165) is 38.1 Å². The molecular formula is C15H19ClFN3O3. The third-order valence-corrected chi connectivity index (χ3v) is 4.40. The molecule has 0 saturated carbocycles. The average molecular weight is 344 g/mol. The molecule has 23 heavy (non-hydrogen) atoms. The first-order chi connectivity index (χ1) is 10.9. The van der Waals surface area contributed by atoms with E-state index in [1.807, 2.05) is 0 Å². The lowest BCUT2D eigenvalue weighted by Crippen LogP contribution is -2.40. The Morgan fingerprint density at radius 1 is 1.57 bits per heavy atom. The summed E-state index contributed by atoms with van der Waals surface area (Å²) in [6.45, 7) is 4.51. The summed E-state index contributed by atoms with van der Waals surface area (Å²) in [5.41, 5.74) is -0.323. The number of hydrogen-bond acceptors (Lipinski definition) is 4. The van der Waals surface area contributed by atoms with Crippen molar-refractivity contribution in [1.82, 2.24) is 10.2 Å². The minimum Gasteiger partial charge on any atom is -0.354 e. The van der Waals surface area contributed by atoms with Gasteiger partial charge >= 0.3 is 0 Å². The van der Waals surface area contributed by atoms with Crippen LogP contribution in [0.15, 0.2) is 12.1 Å². The summed E-state index contributed by atoms with van der Waals surface area (Å²) in [4.78, 5) is 24.6. The maximum absolute atomic E-state index is 13.5. The smallest absolute Gasteiger partial charge is 0.274 e. The van der Waals surface area contributed by atoms with E-state index in [2.05, 4.69) is 17.1 Å². The molecule has 1 N–H and O–H groups in total. The Hall–Kier alpha value is -1.73. The molecule has 1 fully saturated rings.